The second kappa shape index (κ2) is 9.24. The molecular formula is C23H23N3O5S2. The molecule has 10 heteroatoms. The fourth-order valence-electron chi connectivity index (χ4n) is 3.29. The number of aryl methyl sites for hydroxylation is 1. The number of hydrogen-bond acceptors (Lipinski definition) is 8. The zero-order chi connectivity index (χ0) is 23.6. The number of sulfonamides is 1. The van der Waals surface area contributed by atoms with Crippen LogP contribution in [-0.4, -0.2) is 39.8 Å². The van der Waals surface area contributed by atoms with E-state index in [0.717, 1.165) is 12.0 Å². The van der Waals surface area contributed by atoms with Gasteiger partial charge >= 0.3 is 0 Å². The summed E-state index contributed by atoms with van der Waals surface area (Å²) in [5.74, 6) is 1.49. The summed E-state index contributed by atoms with van der Waals surface area (Å²) in [4.78, 5) is 4.91. The SMILES string of the molecule is CCc1ccc(-c2noc(-c3sccc3S(=O)(=O)N(C)c3ccc(OC)c(OC)c3)n2)cc1. The van der Waals surface area contributed by atoms with Crippen LogP contribution in [0.3, 0.4) is 0 Å². The molecule has 0 aliphatic heterocycles. The number of ether oxygens (including phenoxy) is 2. The molecular weight excluding hydrogens is 462 g/mol. The zero-order valence-electron chi connectivity index (χ0n) is 18.6. The number of aromatic nitrogens is 2. The van der Waals surface area contributed by atoms with Crippen molar-refractivity contribution in [3.63, 3.8) is 0 Å². The third-order valence-electron chi connectivity index (χ3n) is 5.24. The van der Waals surface area contributed by atoms with Crippen LogP contribution in [0.2, 0.25) is 0 Å². The minimum absolute atomic E-state index is 0.0846. The lowest BCUT2D eigenvalue weighted by molar-refractivity contribution is 0.355. The molecule has 0 spiro atoms. The quantitative estimate of drug-likeness (QED) is 0.351. The van der Waals surface area contributed by atoms with E-state index in [1.165, 1.54) is 48.5 Å². The summed E-state index contributed by atoms with van der Waals surface area (Å²) in [7, 11) is 0.578. The third kappa shape index (κ3) is 4.31. The fraction of sp³-hybridized carbons (Fsp3) is 0.217. The Morgan fingerprint density at radius 3 is 2.42 bits per heavy atom. The first-order valence-corrected chi connectivity index (χ1v) is 12.4. The van der Waals surface area contributed by atoms with Gasteiger partial charge in [0.15, 0.2) is 11.5 Å². The normalized spacial score (nSPS) is 11.4. The number of rotatable bonds is 8. The number of hydrogen-bond donors (Lipinski definition) is 0. The largest absolute Gasteiger partial charge is 0.493 e. The summed E-state index contributed by atoms with van der Waals surface area (Å²) in [6.07, 6.45) is 0.932. The van der Waals surface area contributed by atoms with E-state index < -0.39 is 10.0 Å². The van der Waals surface area contributed by atoms with Crippen LogP contribution in [0.1, 0.15) is 12.5 Å². The van der Waals surface area contributed by atoms with Crippen LogP contribution in [0, 0.1) is 0 Å². The molecule has 2 heterocycles. The van der Waals surface area contributed by atoms with Gasteiger partial charge in [-0.15, -0.1) is 11.3 Å². The maximum atomic E-state index is 13.5. The maximum Gasteiger partial charge on any atom is 0.269 e. The van der Waals surface area contributed by atoms with Crippen molar-refractivity contribution in [1.29, 1.82) is 0 Å². The molecule has 172 valence electrons. The lowest BCUT2D eigenvalue weighted by atomic mass is 10.1. The summed E-state index contributed by atoms with van der Waals surface area (Å²) in [5, 5.41) is 5.73. The Balaban J connectivity index is 1.67. The average molecular weight is 486 g/mol. The smallest absolute Gasteiger partial charge is 0.269 e. The van der Waals surface area contributed by atoms with Crippen molar-refractivity contribution in [2.75, 3.05) is 25.6 Å². The van der Waals surface area contributed by atoms with Gasteiger partial charge in [0.25, 0.3) is 15.9 Å². The Bertz CT molecular complexity index is 1360. The molecule has 33 heavy (non-hydrogen) atoms. The van der Waals surface area contributed by atoms with E-state index in [9.17, 15) is 8.42 Å². The van der Waals surface area contributed by atoms with Crippen LogP contribution in [0.15, 0.2) is 63.3 Å². The molecule has 0 amide bonds. The predicted octanol–water partition coefficient (Wildman–Crippen LogP) is 4.87. The first-order valence-electron chi connectivity index (χ1n) is 10.1. The van der Waals surface area contributed by atoms with Crippen LogP contribution in [0.25, 0.3) is 22.2 Å². The van der Waals surface area contributed by atoms with Gasteiger partial charge in [0.2, 0.25) is 5.82 Å². The molecule has 0 aliphatic rings. The molecule has 0 unspecified atom stereocenters. The molecule has 4 aromatic rings. The molecule has 0 saturated heterocycles. The molecule has 0 fully saturated rings. The first-order chi connectivity index (χ1) is 15.9. The summed E-state index contributed by atoms with van der Waals surface area (Å²) in [6, 6.07) is 14.3. The molecule has 4 rings (SSSR count). The topological polar surface area (TPSA) is 94.8 Å². The minimum Gasteiger partial charge on any atom is -0.493 e. The molecule has 0 atom stereocenters. The molecule has 8 nitrogen and oxygen atoms in total. The van der Waals surface area contributed by atoms with Gasteiger partial charge < -0.3 is 14.0 Å². The summed E-state index contributed by atoms with van der Waals surface area (Å²) in [5.41, 5.74) is 2.42. The van der Waals surface area contributed by atoms with Crippen LogP contribution in [0.5, 0.6) is 11.5 Å². The van der Waals surface area contributed by atoms with Crippen molar-refractivity contribution < 1.29 is 22.4 Å². The highest BCUT2D eigenvalue weighted by Gasteiger charge is 2.29. The van der Waals surface area contributed by atoms with Crippen LogP contribution >= 0.6 is 11.3 Å². The van der Waals surface area contributed by atoms with Gasteiger partial charge in [-0.2, -0.15) is 4.98 Å². The van der Waals surface area contributed by atoms with Crippen molar-refractivity contribution in [3.8, 4) is 33.7 Å². The van der Waals surface area contributed by atoms with Gasteiger partial charge in [-0.25, -0.2) is 8.42 Å². The second-order valence-corrected chi connectivity index (χ2v) is 9.95. The number of methoxy groups -OCH3 is 2. The van der Waals surface area contributed by atoms with Gasteiger partial charge in [-0.1, -0.05) is 36.3 Å². The summed E-state index contributed by atoms with van der Waals surface area (Å²) >= 11 is 1.22. The number of thiophene rings is 1. The molecule has 2 aromatic carbocycles. The van der Waals surface area contributed by atoms with Crippen LogP contribution in [0.4, 0.5) is 5.69 Å². The van der Waals surface area contributed by atoms with E-state index in [0.29, 0.717) is 27.9 Å². The monoisotopic (exact) mass is 485 g/mol. The molecule has 2 aromatic heterocycles. The highest BCUT2D eigenvalue weighted by Crippen LogP contribution is 2.37. The summed E-state index contributed by atoms with van der Waals surface area (Å²) < 4.78 is 44.1. The lowest BCUT2D eigenvalue weighted by Crippen LogP contribution is -2.26. The Kier molecular flexibility index (Phi) is 6.39. The highest BCUT2D eigenvalue weighted by atomic mass is 32.2. The second-order valence-electron chi connectivity index (χ2n) is 7.10. The van der Waals surface area contributed by atoms with Crippen LogP contribution in [-0.2, 0) is 16.4 Å². The van der Waals surface area contributed by atoms with Crippen molar-refractivity contribution in [2.45, 2.75) is 18.2 Å². The van der Waals surface area contributed by atoms with Crippen LogP contribution < -0.4 is 13.8 Å². The predicted molar refractivity (Wildman–Crippen MR) is 128 cm³/mol. The number of nitrogens with zero attached hydrogens (tertiary/aromatic N) is 3. The van der Waals surface area contributed by atoms with E-state index in [-0.39, 0.29) is 10.8 Å². The Labute approximate surface area is 196 Å². The van der Waals surface area contributed by atoms with E-state index in [2.05, 4.69) is 17.1 Å². The van der Waals surface area contributed by atoms with Crippen molar-refractivity contribution >= 4 is 27.0 Å². The van der Waals surface area contributed by atoms with E-state index >= 15 is 0 Å². The third-order valence-corrected chi connectivity index (χ3v) is 8.10. The average Bonchev–Trinajstić information content (AvgIpc) is 3.53. The Morgan fingerprint density at radius 2 is 1.76 bits per heavy atom. The summed E-state index contributed by atoms with van der Waals surface area (Å²) in [6.45, 7) is 2.08. The van der Waals surface area contributed by atoms with Gasteiger partial charge in [0, 0.05) is 18.7 Å². The van der Waals surface area contributed by atoms with E-state index in [1.807, 2.05) is 24.3 Å². The molecule has 0 saturated carbocycles. The zero-order valence-corrected chi connectivity index (χ0v) is 20.2. The van der Waals surface area contributed by atoms with Gasteiger partial charge in [0.1, 0.15) is 9.77 Å². The molecule has 0 bridgehead atoms. The van der Waals surface area contributed by atoms with Gasteiger partial charge in [0.05, 0.1) is 19.9 Å². The van der Waals surface area contributed by atoms with Gasteiger partial charge in [-0.05, 0) is 35.6 Å². The van der Waals surface area contributed by atoms with Crippen molar-refractivity contribution in [3.05, 3.63) is 59.5 Å². The standard InChI is InChI=1S/C23H23N3O5S2/c1-5-15-6-8-16(9-7-15)22-24-23(31-25-22)21-20(12-13-32-21)33(27,28)26(2)17-10-11-18(29-3)19(14-17)30-4/h6-14H,5H2,1-4H3. The highest BCUT2D eigenvalue weighted by molar-refractivity contribution is 7.93. The van der Waals surface area contributed by atoms with Crippen molar-refractivity contribution in [1.82, 2.24) is 10.1 Å². The van der Waals surface area contributed by atoms with E-state index in [1.54, 1.807) is 23.6 Å². The fourth-order valence-corrected chi connectivity index (χ4v) is 5.79. The van der Waals surface area contributed by atoms with Crippen molar-refractivity contribution in [2.24, 2.45) is 0 Å². The maximum absolute atomic E-state index is 13.5. The molecule has 0 N–H and O–H groups in total. The van der Waals surface area contributed by atoms with E-state index in [4.69, 9.17) is 14.0 Å². The number of anilines is 1. The molecule has 0 radical (unpaired) electrons. The first kappa shape index (κ1) is 22.8. The minimum atomic E-state index is -3.92. The molecule has 0 aliphatic carbocycles. The number of benzene rings is 2. The van der Waals surface area contributed by atoms with Gasteiger partial charge in [-0.3, -0.25) is 4.31 Å². The Morgan fingerprint density at radius 1 is 1.03 bits per heavy atom. The lowest BCUT2D eigenvalue weighted by Gasteiger charge is -2.20. The Hall–Kier alpha value is -3.37.